The van der Waals surface area contributed by atoms with Crippen molar-refractivity contribution in [2.24, 2.45) is 0 Å². The Morgan fingerprint density at radius 2 is 1.88 bits per heavy atom. The summed E-state index contributed by atoms with van der Waals surface area (Å²) < 4.78 is 38.4. The molecule has 0 unspecified atom stereocenters. The van der Waals surface area contributed by atoms with Gasteiger partial charge in [-0.1, -0.05) is 12.8 Å². The summed E-state index contributed by atoms with van der Waals surface area (Å²) in [4.78, 5) is 30.4. The summed E-state index contributed by atoms with van der Waals surface area (Å²) in [5.41, 5.74) is 0.526. The van der Waals surface area contributed by atoms with E-state index in [1.54, 1.807) is 5.38 Å². The Hall–Kier alpha value is -2.50. The molecule has 0 aliphatic carbocycles. The third kappa shape index (κ3) is 5.90. The molecule has 1 fully saturated rings. The summed E-state index contributed by atoms with van der Waals surface area (Å²) in [5, 5.41) is 2.24. The van der Waals surface area contributed by atoms with E-state index < -0.39 is 16.0 Å². The summed E-state index contributed by atoms with van der Waals surface area (Å²) in [7, 11) is -2.32. The van der Waals surface area contributed by atoms with Gasteiger partial charge in [-0.15, -0.1) is 11.3 Å². The molecule has 1 aromatic carbocycles. The standard InChI is InChI=1S/C22H29N3O6S2/c1-4-25(16(2)26)22-23-17(15-32-22)14-31-21(27)19-13-18(9-10-20(19)30-3)33(28,29)24-11-7-5-6-8-12-24/h9-10,13,15H,4-8,11-12,14H2,1-3H3. The Balaban J connectivity index is 1.77. The summed E-state index contributed by atoms with van der Waals surface area (Å²) in [6.45, 7) is 4.62. The normalized spacial score (nSPS) is 15.0. The first-order valence-electron chi connectivity index (χ1n) is 10.9. The highest BCUT2D eigenvalue weighted by atomic mass is 32.2. The van der Waals surface area contributed by atoms with Crippen molar-refractivity contribution in [1.82, 2.24) is 9.29 Å². The van der Waals surface area contributed by atoms with Crippen LogP contribution in [0.2, 0.25) is 0 Å². The van der Waals surface area contributed by atoms with Crippen LogP contribution in [0, 0.1) is 0 Å². The predicted molar refractivity (Wildman–Crippen MR) is 125 cm³/mol. The van der Waals surface area contributed by atoms with Gasteiger partial charge in [-0.3, -0.25) is 9.69 Å². The minimum atomic E-state index is -3.73. The predicted octanol–water partition coefficient (Wildman–Crippen LogP) is 3.45. The molecule has 0 radical (unpaired) electrons. The van der Waals surface area contributed by atoms with Crippen LogP contribution >= 0.6 is 11.3 Å². The summed E-state index contributed by atoms with van der Waals surface area (Å²) >= 11 is 1.28. The van der Waals surface area contributed by atoms with Gasteiger partial charge in [0.05, 0.1) is 17.7 Å². The van der Waals surface area contributed by atoms with Crippen LogP contribution in [0.3, 0.4) is 0 Å². The molecule has 0 saturated carbocycles. The highest BCUT2D eigenvalue weighted by Crippen LogP contribution is 2.27. The van der Waals surface area contributed by atoms with Crippen molar-refractivity contribution < 1.29 is 27.5 Å². The first kappa shape index (κ1) is 25.1. The van der Waals surface area contributed by atoms with Crippen molar-refractivity contribution in [1.29, 1.82) is 0 Å². The number of carbonyl (C=O) groups is 2. The van der Waals surface area contributed by atoms with E-state index in [4.69, 9.17) is 9.47 Å². The monoisotopic (exact) mass is 495 g/mol. The molecule has 1 amide bonds. The Morgan fingerprint density at radius 3 is 2.48 bits per heavy atom. The molecule has 180 valence electrons. The average Bonchev–Trinajstić information content (AvgIpc) is 3.07. The third-order valence-electron chi connectivity index (χ3n) is 5.41. The molecular weight excluding hydrogens is 466 g/mol. The Bertz CT molecular complexity index is 1090. The van der Waals surface area contributed by atoms with E-state index in [0.717, 1.165) is 25.7 Å². The number of aromatic nitrogens is 1. The number of methoxy groups -OCH3 is 1. The number of benzene rings is 1. The van der Waals surface area contributed by atoms with E-state index >= 15 is 0 Å². The molecule has 1 aromatic heterocycles. The molecule has 1 aliphatic heterocycles. The fourth-order valence-corrected chi connectivity index (χ4v) is 6.10. The van der Waals surface area contributed by atoms with E-state index in [9.17, 15) is 18.0 Å². The SMILES string of the molecule is CCN(C(C)=O)c1nc(COC(=O)c2cc(S(=O)(=O)N3CCCCCC3)ccc2OC)cs1. The molecule has 0 spiro atoms. The second-order valence-electron chi connectivity index (χ2n) is 7.64. The maximum atomic E-state index is 13.1. The fraction of sp³-hybridized carbons (Fsp3) is 0.500. The van der Waals surface area contributed by atoms with E-state index in [1.165, 1.54) is 52.8 Å². The number of sulfonamides is 1. The number of esters is 1. The zero-order valence-electron chi connectivity index (χ0n) is 19.1. The Kier molecular flexibility index (Phi) is 8.44. The first-order chi connectivity index (χ1) is 15.8. The van der Waals surface area contributed by atoms with Crippen LogP contribution in [-0.4, -0.2) is 56.3 Å². The number of hydrogen-bond donors (Lipinski definition) is 0. The van der Waals surface area contributed by atoms with Crippen molar-refractivity contribution in [3.05, 3.63) is 34.8 Å². The Morgan fingerprint density at radius 1 is 1.18 bits per heavy atom. The lowest BCUT2D eigenvalue weighted by molar-refractivity contribution is -0.116. The number of anilines is 1. The molecule has 2 aromatic rings. The number of ether oxygens (including phenoxy) is 2. The van der Waals surface area contributed by atoms with Gasteiger partial charge >= 0.3 is 5.97 Å². The van der Waals surface area contributed by atoms with Gasteiger partial charge in [-0.05, 0) is 38.0 Å². The topological polar surface area (TPSA) is 106 Å². The lowest BCUT2D eigenvalue weighted by Crippen LogP contribution is -2.32. The quantitative estimate of drug-likeness (QED) is 0.517. The number of carbonyl (C=O) groups excluding carboxylic acids is 2. The van der Waals surface area contributed by atoms with E-state index in [-0.39, 0.29) is 28.7 Å². The molecule has 2 heterocycles. The van der Waals surface area contributed by atoms with Crippen LogP contribution in [0.5, 0.6) is 5.75 Å². The molecule has 3 rings (SSSR count). The fourth-order valence-electron chi connectivity index (χ4n) is 3.63. The second kappa shape index (κ2) is 11.1. The van der Waals surface area contributed by atoms with Crippen molar-refractivity contribution in [2.75, 3.05) is 31.6 Å². The van der Waals surface area contributed by atoms with Gasteiger partial charge in [-0.2, -0.15) is 4.31 Å². The average molecular weight is 496 g/mol. The number of hydrogen-bond acceptors (Lipinski definition) is 8. The minimum absolute atomic E-state index is 0.0303. The minimum Gasteiger partial charge on any atom is -0.496 e. The molecular formula is C22H29N3O6S2. The molecule has 1 saturated heterocycles. The smallest absolute Gasteiger partial charge is 0.342 e. The van der Waals surface area contributed by atoms with Crippen LogP contribution < -0.4 is 9.64 Å². The second-order valence-corrected chi connectivity index (χ2v) is 10.4. The highest BCUT2D eigenvalue weighted by molar-refractivity contribution is 7.89. The van der Waals surface area contributed by atoms with Gasteiger partial charge in [-0.25, -0.2) is 18.2 Å². The summed E-state index contributed by atoms with van der Waals surface area (Å²) in [6, 6.07) is 4.22. The van der Waals surface area contributed by atoms with Crippen molar-refractivity contribution in [2.45, 2.75) is 51.0 Å². The maximum Gasteiger partial charge on any atom is 0.342 e. The van der Waals surface area contributed by atoms with Crippen LogP contribution in [0.25, 0.3) is 0 Å². The van der Waals surface area contributed by atoms with Gasteiger partial charge in [0.2, 0.25) is 15.9 Å². The van der Waals surface area contributed by atoms with Gasteiger partial charge in [0, 0.05) is 31.9 Å². The molecule has 11 heteroatoms. The molecule has 0 bridgehead atoms. The number of nitrogens with zero attached hydrogens (tertiary/aromatic N) is 3. The van der Waals surface area contributed by atoms with Crippen molar-refractivity contribution >= 4 is 38.4 Å². The zero-order chi connectivity index (χ0) is 24.0. The molecule has 0 atom stereocenters. The molecule has 1 aliphatic rings. The number of amides is 1. The number of rotatable bonds is 8. The summed E-state index contributed by atoms with van der Waals surface area (Å²) in [6.07, 6.45) is 3.65. The lowest BCUT2D eigenvalue weighted by Gasteiger charge is -2.20. The lowest BCUT2D eigenvalue weighted by atomic mass is 10.2. The van der Waals surface area contributed by atoms with E-state index in [0.29, 0.717) is 30.5 Å². The van der Waals surface area contributed by atoms with Crippen LogP contribution in [0.4, 0.5) is 5.13 Å². The largest absolute Gasteiger partial charge is 0.496 e. The molecule has 33 heavy (non-hydrogen) atoms. The van der Waals surface area contributed by atoms with E-state index in [2.05, 4.69) is 4.98 Å². The maximum absolute atomic E-state index is 13.1. The molecule has 9 nitrogen and oxygen atoms in total. The van der Waals surface area contributed by atoms with E-state index in [1.807, 2.05) is 6.92 Å². The van der Waals surface area contributed by atoms with Crippen LogP contribution in [-0.2, 0) is 26.2 Å². The zero-order valence-corrected chi connectivity index (χ0v) is 20.7. The molecule has 0 N–H and O–H groups in total. The summed E-state index contributed by atoms with van der Waals surface area (Å²) in [5.74, 6) is -0.613. The first-order valence-corrected chi connectivity index (χ1v) is 13.2. The van der Waals surface area contributed by atoms with Crippen molar-refractivity contribution in [3.63, 3.8) is 0 Å². The number of thiazole rings is 1. The highest BCUT2D eigenvalue weighted by Gasteiger charge is 2.27. The van der Waals surface area contributed by atoms with Crippen molar-refractivity contribution in [3.8, 4) is 5.75 Å². The van der Waals surface area contributed by atoms with Gasteiger partial charge in [0.15, 0.2) is 5.13 Å². The van der Waals surface area contributed by atoms with Gasteiger partial charge in [0.1, 0.15) is 17.9 Å². The Labute approximate surface area is 198 Å². The van der Waals surface area contributed by atoms with Crippen LogP contribution in [0.15, 0.2) is 28.5 Å². The van der Waals surface area contributed by atoms with Crippen LogP contribution in [0.1, 0.15) is 55.6 Å². The van der Waals surface area contributed by atoms with Gasteiger partial charge < -0.3 is 9.47 Å². The third-order valence-corrected chi connectivity index (χ3v) is 8.22. The van der Waals surface area contributed by atoms with Gasteiger partial charge in [0.25, 0.3) is 0 Å².